The SMILES string of the molecule is CCN(Cc1cc([N+](=O)[O-])cc2[nH]c(=O)c(=O)[nH]c12)C(C)P(=O)(O)O. The van der Waals surface area contributed by atoms with Crippen molar-refractivity contribution in [1.29, 1.82) is 0 Å². The number of hydrogen-bond donors (Lipinski definition) is 4. The summed E-state index contributed by atoms with van der Waals surface area (Å²) in [4.78, 5) is 58.2. The monoisotopic (exact) mass is 372 g/mol. The van der Waals surface area contributed by atoms with Gasteiger partial charge in [0.1, 0.15) is 5.78 Å². The summed E-state index contributed by atoms with van der Waals surface area (Å²) >= 11 is 0. The van der Waals surface area contributed by atoms with Crippen LogP contribution in [0.5, 0.6) is 0 Å². The first kappa shape index (κ1) is 19.0. The summed E-state index contributed by atoms with van der Waals surface area (Å²) in [5.41, 5.74) is -1.69. The van der Waals surface area contributed by atoms with Gasteiger partial charge in [0.05, 0.1) is 16.0 Å². The van der Waals surface area contributed by atoms with Crippen molar-refractivity contribution in [1.82, 2.24) is 14.9 Å². The van der Waals surface area contributed by atoms with E-state index in [-0.39, 0.29) is 35.4 Å². The van der Waals surface area contributed by atoms with Crippen LogP contribution in [-0.4, -0.2) is 41.9 Å². The van der Waals surface area contributed by atoms with Crippen LogP contribution in [0.4, 0.5) is 5.69 Å². The van der Waals surface area contributed by atoms with Gasteiger partial charge in [-0.05, 0) is 19.0 Å². The van der Waals surface area contributed by atoms with Gasteiger partial charge >= 0.3 is 18.7 Å². The van der Waals surface area contributed by atoms with Crippen molar-refractivity contribution in [3.8, 4) is 0 Å². The number of H-pyrrole nitrogens is 2. The van der Waals surface area contributed by atoms with E-state index in [0.29, 0.717) is 0 Å². The Hall–Kier alpha value is -2.33. The van der Waals surface area contributed by atoms with E-state index in [9.17, 15) is 34.1 Å². The van der Waals surface area contributed by atoms with Crippen molar-refractivity contribution < 1.29 is 19.3 Å². The average molecular weight is 372 g/mol. The number of aromatic amines is 2. The molecule has 1 atom stereocenters. The predicted molar refractivity (Wildman–Crippen MR) is 89.4 cm³/mol. The number of hydrogen-bond acceptors (Lipinski definition) is 6. The normalized spacial score (nSPS) is 13.3. The fourth-order valence-electron chi connectivity index (χ4n) is 2.45. The number of nitrogens with zero attached hydrogens (tertiary/aromatic N) is 2. The molecule has 0 saturated carbocycles. The molecule has 0 spiro atoms. The zero-order chi connectivity index (χ0) is 18.9. The molecule has 25 heavy (non-hydrogen) atoms. The molecular formula is C13H17N4O7P. The highest BCUT2D eigenvalue weighted by atomic mass is 31.2. The van der Waals surface area contributed by atoms with Gasteiger partial charge in [-0.3, -0.25) is 29.2 Å². The van der Waals surface area contributed by atoms with Crippen LogP contribution in [0.3, 0.4) is 0 Å². The Morgan fingerprint density at radius 3 is 2.40 bits per heavy atom. The highest BCUT2D eigenvalue weighted by molar-refractivity contribution is 7.52. The maximum Gasteiger partial charge on any atom is 0.342 e. The molecule has 4 N–H and O–H groups in total. The van der Waals surface area contributed by atoms with E-state index >= 15 is 0 Å². The number of fused-ring (bicyclic) bond motifs is 1. The second kappa shape index (κ2) is 6.89. The highest BCUT2D eigenvalue weighted by Crippen LogP contribution is 2.43. The molecule has 0 aliphatic heterocycles. The third-order valence-corrected chi connectivity index (χ3v) is 5.20. The lowest BCUT2D eigenvalue weighted by atomic mass is 10.1. The van der Waals surface area contributed by atoms with Crippen molar-refractivity contribution in [2.24, 2.45) is 0 Å². The number of aromatic nitrogens is 2. The Labute approximate surface area is 140 Å². The largest absolute Gasteiger partial charge is 0.342 e. The summed E-state index contributed by atoms with van der Waals surface area (Å²) in [6.07, 6.45) is 0. The van der Waals surface area contributed by atoms with E-state index in [4.69, 9.17) is 0 Å². The Morgan fingerprint density at radius 1 is 1.28 bits per heavy atom. The second-order valence-electron chi connectivity index (χ2n) is 5.48. The summed E-state index contributed by atoms with van der Waals surface area (Å²) in [7, 11) is -4.41. The van der Waals surface area contributed by atoms with Crippen molar-refractivity contribution >= 4 is 24.3 Å². The van der Waals surface area contributed by atoms with Gasteiger partial charge in [0.25, 0.3) is 5.69 Å². The molecule has 136 valence electrons. The summed E-state index contributed by atoms with van der Waals surface area (Å²) < 4.78 is 11.5. The van der Waals surface area contributed by atoms with E-state index in [2.05, 4.69) is 9.97 Å². The van der Waals surface area contributed by atoms with E-state index in [1.54, 1.807) is 6.92 Å². The Bertz CT molecular complexity index is 976. The lowest BCUT2D eigenvalue weighted by Gasteiger charge is -2.28. The molecule has 0 radical (unpaired) electrons. The molecule has 1 unspecified atom stereocenters. The van der Waals surface area contributed by atoms with Crippen LogP contribution in [0.1, 0.15) is 19.4 Å². The Balaban J connectivity index is 2.64. The molecule has 0 aliphatic carbocycles. The average Bonchev–Trinajstić information content (AvgIpc) is 2.52. The van der Waals surface area contributed by atoms with E-state index in [1.165, 1.54) is 17.9 Å². The molecule has 1 heterocycles. The number of nitro benzene ring substituents is 1. The number of benzene rings is 1. The van der Waals surface area contributed by atoms with Crippen LogP contribution < -0.4 is 11.1 Å². The van der Waals surface area contributed by atoms with Gasteiger partial charge in [-0.25, -0.2) is 0 Å². The van der Waals surface area contributed by atoms with Crippen LogP contribution in [0.15, 0.2) is 21.7 Å². The lowest BCUT2D eigenvalue weighted by molar-refractivity contribution is -0.384. The third-order valence-electron chi connectivity index (χ3n) is 3.90. The molecule has 0 saturated heterocycles. The zero-order valence-electron chi connectivity index (χ0n) is 13.4. The minimum atomic E-state index is -4.41. The van der Waals surface area contributed by atoms with Crippen molar-refractivity contribution in [2.45, 2.75) is 26.2 Å². The molecule has 11 nitrogen and oxygen atoms in total. The second-order valence-corrected chi connectivity index (χ2v) is 7.40. The fraction of sp³-hybridized carbons (Fsp3) is 0.385. The van der Waals surface area contributed by atoms with Crippen LogP contribution in [0, 0.1) is 10.1 Å². The Morgan fingerprint density at radius 2 is 1.88 bits per heavy atom. The first-order valence-electron chi connectivity index (χ1n) is 7.27. The summed E-state index contributed by atoms with van der Waals surface area (Å²) in [6.45, 7) is 3.21. The van der Waals surface area contributed by atoms with Crippen molar-refractivity contribution in [3.63, 3.8) is 0 Å². The first-order chi connectivity index (χ1) is 11.5. The molecule has 2 aromatic rings. The number of nitro groups is 1. The van der Waals surface area contributed by atoms with Gasteiger partial charge in [-0.1, -0.05) is 6.92 Å². The van der Waals surface area contributed by atoms with Crippen LogP contribution in [0.25, 0.3) is 11.0 Å². The van der Waals surface area contributed by atoms with Gasteiger partial charge in [-0.2, -0.15) is 0 Å². The summed E-state index contributed by atoms with van der Waals surface area (Å²) in [5, 5.41) is 11.1. The summed E-state index contributed by atoms with van der Waals surface area (Å²) in [5.74, 6) is -1.12. The topological polar surface area (TPSA) is 170 Å². The molecule has 0 aliphatic rings. The van der Waals surface area contributed by atoms with E-state index < -0.39 is 29.4 Å². The zero-order valence-corrected chi connectivity index (χ0v) is 14.3. The van der Waals surface area contributed by atoms with Gasteiger partial charge in [-0.15, -0.1) is 0 Å². The number of non-ortho nitro benzene ring substituents is 1. The van der Waals surface area contributed by atoms with Crippen molar-refractivity contribution in [2.75, 3.05) is 6.54 Å². The maximum absolute atomic E-state index is 11.6. The van der Waals surface area contributed by atoms with Crippen molar-refractivity contribution in [3.05, 3.63) is 48.5 Å². The van der Waals surface area contributed by atoms with Gasteiger partial charge in [0, 0.05) is 18.7 Å². The molecule has 0 bridgehead atoms. The number of nitrogens with one attached hydrogen (secondary N) is 2. The molecule has 12 heteroatoms. The highest BCUT2D eigenvalue weighted by Gasteiger charge is 2.30. The minimum absolute atomic E-state index is 0.0636. The smallest absolute Gasteiger partial charge is 0.323 e. The third kappa shape index (κ3) is 4.02. The number of rotatable bonds is 6. The molecule has 0 fully saturated rings. The molecule has 1 aromatic heterocycles. The minimum Gasteiger partial charge on any atom is -0.323 e. The Kier molecular flexibility index (Phi) is 5.23. The van der Waals surface area contributed by atoms with Gasteiger partial charge in [0.2, 0.25) is 0 Å². The molecule has 0 amide bonds. The van der Waals surface area contributed by atoms with E-state index in [1.807, 2.05) is 0 Å². The lowest BCUT2D eigenvalue weighted by Crippen LogP contribution is -2.33. The maximum atomic E-state index is 11.6. The van der Waals surface area contributed by atoms with E-state index in [0.717, 1.165) is 6.07 Å². The van der Waals surface area contributed by atoms with Gasteiger partial charge in [0.15, 0.2) is 0 Å². The fourth-order valence-corrected chi connectivity index (χ4v) is 3.12. The predicted octanol–water partition coefficient (Wildman–Crippen LogP) is 0.470. The van der Waals surface area contributed by atoms with Gasteiger partial charge < -0.3 is 19.8 Å². The van der Waals surface area contributed by atoms with Crippen LogP contribution in [0.2, 0.25) is 0 Å². The molecule has 2 rings (SSSR count). The van der Waals surface area contributed by atoms with Crippen LogP contribution in [-0.2, 0) is 11.1 Å². The first-order valence-corrected chi connectivity index (χ1v) is 8.95. The van der Waals surface area contributed by atoms with Crippen LogP contribution >= 0.6 is 7.60 Å². The quantitative estimate of drug-likeness (QED) is 0.245. The summed E-state index contributed by atoms with van der Waals surface area (Å²) in [6, 6.07) is 2.31. The molecule has 1 aromatic carbocycles. The standard InChI is InChI=1S/C13H17N4O7P/c1-3-16(7(2)25(22,23)24)6-8-4-9(17(20)21)5-10-11(8)15-13(19)12(18)14-10/h4-5,7H,3,6H2,1-2H3,(H,14,18)(H,15,19)(H2,22,23,24). The molecular weight excluding hydrogens is 355 g/mol.